The van der Waals surface area contributed by atoms with Crippen molar-refractivity contribution in [3.05, 3.63) is 41.3 Å². The van der Waals surface area contributed by atoms with Gasteiger partial charge in [-0.2, -0.15) is 0 Å². The first-order chi connectivity index (χ1) is 14.0. The van der Waals surface area contributed by atoms with E-state index in [9.17, 15) is 4.79 Å². The molecule has 1 saturated carbocycles. The van der Waals surface area contributed by atoms with Crippen LogP contribution in [0.15, 0.2) is 28.7 Å². The number of nitrogens with zero attached hydrogens (tertiary/aromatic N) is 1. The maximum atomic E-state index is 11.5. The molecule has 1 aromatic heterocycles. The van der Waals surface area contributed by atoms with E-state index in [2.05, 4.69) is 24.0 Å². The average molecular weight is 418 g/mol. The Morgan fingerprint density at radius 3 is 2.79 bits per heavy atom. The Labute approximate surface area is 177 Å². The fraction of sp³-hybridized carbons (Fsp3) is 0.565. The number of oxazole rings is 1. The molecule has 1 aromatic carbocycles. The first-order valence-electron chi connectivity index (χ1n) is 10.4. The first-order valence-corrected chi connectivity index (χ1v) is 11.6. The van der Waals surface area contributed by atoms with E-state index in [1.54, 1.807) is 11.8 Å². The molecule has 2 atom stereocenters. The van der Waals surface area contributed by atoms with Crippen molar-refractivity contribution >= 4 is 17.7 Å². The van der Waals surface area contributed by atoms with Crippen molar-refractivity contribution in [3.8, 4) is 11.5 Å². The number of ether oxygens (including phenoxy) is 2. The van der Waals surface area contributed by atoms with E-state index in [-0.39, 0.29) is 12.1 Å². The quantitative estimate of drug-likeness (QED) is 0.514. The summed E-state index contributed by atoms with van der Waals surface area (Å²) < 4.78 is 17.0. The second-order valence-electron chi connectivity index (χ2n) is 7.67. The average Bonchev–Trinajstić information content (AvgIpc) is 3.08. The van der Waals surface area contributed by atoms with Crippen molar-refractivity contribution < 1.29 is 18.7 Å². The van der Waals surface area contributed by atoms with Gasteiger partial charge in [0.25, 0.3) is 0 Å². The highest BCUT2D eigenvalue weighted by atomic mass is 32.2. The van der Waals surface area contributed by atoms with Crippen molar-refractivity contribution in [3.63, 3.8) is 0 Å². The van der Waals surface area contributed by atoms with E-state index in [0.29, 0.717) is 30.8 Å². The summed E-state index contributed by atoms with van der Waals surface area (Å²) in [6, 6.07) is 8.19. The SMILES string of the molecule is CCOC(=O)CSCC1CCCC(OCc2nc(-c3ccc(C)cc3)oc2C)C1. The Bertz CT molecular complexity index is 787. The van der Waals surface area contributed by atoms with Crippen LogP contribution in [0, 0.1) is 19.8 Å². The number of esters is 1. The molecular formula is C23H31NO4S. The largest absolute Gasteiger partial charge is 0.465 e. The highest BCUT2D eigenvalue weighted by Gasteiger charge is 2.24. The van der Waals surface area contributed by atoms with Crippen LogP contribution in [0.3, 0.4) is 0 Å². The fourth-order valence-corrected chi connectivity index (χ4v) is 4.64. The molecule has 29 heavy (non-hydrogen) atoms. The van der Waals surface area contributed by atoms with E-state index in [4.69, 9.17) is 13.9 Å². The molecular weight excluding hydrogens is 386 g/mol. The monoisotopic (exact) mass is 417 g/mol. The smallest absolute Gasteiger partial charge is 0.315 e. The van der Waals surface area contributed by atoms with Crippen molar-refractivity contribution in [1.82, 2.24) is 4.98 Å². The number of carbonyl (C=O) groups is 1. The Kier molecular flexibility index (Phi) is 8.19. The summed E-state index contributed by atoms with van der Waals surface area (Å²) in [4.78, 5) is 16.1. The van der Waals surface area contributed by atoms with Gasteiger partial charge in [0.2, 0.25) is 5.89 Å². The van der Waals surface area contributed by atoms with Gasteiger partial charge in [-0.15, -0.1) is 11.8 Å². The molecule has 2 unspecified atom stereocenters. The second kappa shape index (κ2) is 10.8. The third kappa shape index (κ3) is 6.61. The zero-order chi connectivity index (χ0) is 20.6. The molecule has 0 saturated heterocycles. The van der Waals surface area contributed by atoms with Crippen LogP contribution in [0.5, 0.6) is 0 Å². The number of rotatable bonds is 9. The van der Waals surface area contributed by atoms with Gasteiger partial charge >= 0.3 is 5.97 Å². The van der Waals surface area contributed by atoms with Crippen molar-refractivity contribution in [1.29, 1.82) is 0 Å². The Morgan fingerprint density at radius 1 is 1.24 bits per heavy atom. The van der Waals surface area contributed by atoms with Gasteiger partial charge in [-0.3, -0.25) is 4.79 Å². The van der Waals surface area contributed by atoms with Crippen LogP contribution in [-0.4, -0.2) is 35.2 Å². The Morgan fingerprint density at radius 2 is 2.03 bits per heavy atom. The molecule has 1 heterocycles. The van der Waals surface area contributed by atoms with Gasteiger partial charge in [0.05, 0.1) is 25.1 Å². The van der Waals surface area contributed by atoms with Crippen LogP contribution < -0.4 is 0 Å². The highest BCUT2D eigenvalue weighted by molar-refractivity contribution is 7.99. The minimum Gasteiger partial charge on any atom is -0.465 e. The van der Waals surface area contributed by atoms with E-state index >= 15 is 0 Å². The van der Waals surface area contributed by atoms with Gasteiger partial charge in [0.15, 0.2) is 0 Å². The molecule has 1 aliphatic rings. The van der Waals surface area contributed by atoms with Gasteiger partial charge in [-0.25, -0.2) is 4.98 Å². The van der Waals surface area contributed by atoms with Crippen LogP contribution in [0.25, 0.3) is 11.5 Å². The lowest BCUT2D eigenvalue weighted by atomic mass is 9.88. The number of benzene rings is 1. The third-order valence-corrected chi connectivity index (χ3v) is 6.41. The molecule has 1 fully saturated rings. The molecule has 0 radical (unpaired) electrons. The van der Waals surface area contributed by atoms with Crippen LogP contribution >= 0.6 is 11.8 Å². The number of carbonyl (C=O) groups excluding carboxylic acids is 1. The second-order valence-corrected chi connectivity index (χ2v) is 8.70. The van der Waals surface area contributed by atoms with Crippen molar-refractivity contribution in [2.24, 2.45) is 5.92 Å². The maximum absolute atomic E-state index is 11.5. The van der Waals surface area contributed by atoms with Gasteiger partial charge in [-0.1, -0.05) is 24.1 Å². The number of thioether (sulfide) groups is 1. The Balaban J connectivity index is 1.47. The summed E-state index contributed by atoms with van der Waals surface area (Å²) in [5.41, 5.74) is 3.08. The normalized spacial score (nSPS) is 19.3. The molecule has 0 spiro atoms. The predicted octanol–water partition coefficient (Wildman–Crippen LogP) is 5.33. The zero-order valence-electron chi connectivity index (χ0n) is 17.6. The van der Waals surface area contributed by atoms with Crippen molar-refractivity contribution in [2.75, 3.05) is 18.1 Å². The van der Waals surface area contributed by atoms with Crippen LogP contribution in [-0.2, 0) is 20.9 Å². The van der Waals surface area contributed by atoms with Gasteiger partial charge in [-0.05, 0) is 63.8 Å². The topological polar surface area (TPSA) is 61.6 Å². The summed E-state index contributed by atoms with van der Waals surface area (Å²) in [6.07, 6.45) is 4.74. The Hall–Kier alpha value is -1.79. The standard InChI is InChI=1S/C23H31NO4S/c1-4-26-22(25)15-29-14-18-6-5-7-20(12-18)27-13-21-17(3)28-23(24-21)19-10-8-16(2)9-11-19/h8-11,18,20H,4-7,12-15H2,1-3H3. The molecule has 3 rings (SSSR count). The molecule has 1 aliphatic carbocycles. The maximum Gasteiger partial charge on any atom is 0.315 e. The number of hydrogen-bond acceptors (Lipinski definition) is 6. The molecule has 2 aromatic rings. The summed E-state index contributed by atoms with van der Waals surface area (Å²) in [6.45, 7) is 6.78. The zero-order valence-corrected chi connectivity index (χ0v) is 18.4. The molecule has 158 valence electrons. The van der Waals surface area contributed by atoms with Gasteiger partial charge in [0, 0.05) is 5.56 Å². The van der Waals surface area contributed by atoms with Crippen molar-refractivity contribution in [2.45, 2.75) is 59.2 Å². The minimum absolute atomic E-state index is 0.119. The van der Waals surface area contributed by atoms with Crippen LogP contribution in [0.1, 0.15) is 49.6 Å². The predicted molar refractivity (Wildman–Crippen MR) is 116 cm³/mol. The van der Waals surface area contributed by atoms with Crippen LogP contribution in [0.4, 0.5) is 0 Å². The summed E-state index contributed by atoms with van der Waals surface area (Å²) in [5.74, 6) is 3.37. The van der Waals surface area contributed by atoms with E-state index in [1.165, 1.54) is 18.4 Å². The lowest BCUT2D eigenvalue weighted by Crippen LogP contribution is -2.24. The minimum atomic E-state index is -0.119. The summed E-state index contributed by atoms with van der Waals surface area (Å²) >= 11 is 1.67. The van der Waals surface area contributed by atoms with E-state index < -0.39 is 0 Å². The lowest BCUT2D eigenvalue weighted by molar-refractivity contribution is -0.139. The van der Waals surface area contributed by atoms with Gasteiger partial charge < -0.3 is 13.9 Å². The third-order valence-electron chi connectivity index (χ3n) is 5.26. The number of aryl methyl sites for hydroxylation is 2. The summed E-state index contributed by atoms with van der Waals surface area (Å²) in [7, 11) is 0. The van der Waals surface area contributed by atoms with E-state index in [0.717, 1.165) is 35.6 Å². The van der Waals surface area contributed by atoms with E-state index in [1.807, 2.05) is 26.0 Å². The lowest BCUT2D eigenvalue weighted by Gasteiger charge is -2.28. The molecule has 0 N–H and O–H groups in total. The first kappa shape index (κ1) is 21.9. The molecule has 0 aliphatic heterocycles. The highest BCUT2D eigenvalue weighted by Crippen LogP contribution is 2.30. The van der Waals surface area contributed by atoms with Gasteiger partial charge in [0.1, 0.15) is 11.5 Å². The number of hydrogen-bond donors (Lipinski definition) is 0. The van der Waals surface area contributed by atoms with Crippen LogP contribution in [0.2, 0.25) is 0 Å². The molecule has 5 nitrogen and oxygen atoms in total. The molecule has 0 bridgehead atoms. The fourth-order valence-electron chi connectivity index (χ4n) is 3.63. The summed E-state index contributed by atoms with van der Waals surface area (Å²) in [5, 5.41) is 0. The number of aromatic nitrogens is 1. The molecule has 0 amide bonds. The molecule has 6 heteroatoms.